The van der Waals surface area contributed by atoms with E-state index in [1.54, 1.807) is 11.5 Å². The molecular formula is C20H18F3N3O2. The predicted molar refractivity (Wildman–Crippen MR) is 98.8 cm³/mol. The normalized spacial score (nSPS) is 11.6. The van der Waals surface area contributed by atoms with Crippen molar-refractivity contribution in [2.75, 3.05) is 0 Å². The lowest BCUT2D eigenvalue weighted by Crippen LogP contribution is -2.06. The Morgan fingerprint density at radius 2 is 1.71 bits per heavy atom. The molecule has 0 aliphatic carbocycles. The second-order valence-corrected chi connectivity index (χ2v) is 6.40. The van der Waals surface area contributed by atoms with Crippen LogP contribution in [0.3, 0.4) is 0 Å². The van der Waals surface area contributed by atoms with E-state index in [9.17, 15) is 23.3 Å². The van der Waals surface area contributed by atoms with E-state index in [0.29, 0.717) is 24.4 Å². The van der Waals surface area contributed by atoms with Crippen LogP contribution in [0.5, 0.6) is 0 Å². The summed E-state index contributed by atoms with van der Waals surface area (Å²) >= 11 is 0. The van der Waals surface area contributed by atoms with Crippen LogP contribution >= 0.6 is 0 Å². The minimum absolute atomic E-state index is 0.226. The number of hydrogen-bond acceptors (Lipinski definition) is 3. The second-order valence-electron chi connectivity index (χ2n) is 6.40. The number of alkyl halides is 3. The zero-order chi connectivity index (χ0) is 20.3. The summed E-state index contributed by atoms with van der Waals surface area (Å²) < 4.78 is 40.1. The number of halogens is 3. The van der Waals surface area contributed by atoms with Gasteiger partial charge in [-0.3, -0.25) is 0 Å². The van der Waals surface area contributed by atoms with E-state index in [-0.39, 0.29) is 11.5 Å². The molecule has 5 nitrogen and oxygen atoms in total. The molecule has 0 radical (unpaired) electrons. The van der Waals surface area contributed by atoms with Crippen molar-refractivity contribution in [3.05, 3.63) is 81.7 Å². The molecule has 0 aliphatic heterocycles. The number of aromatic nitrogens is 2. The van der Waals surface area contributed by atoms with Crippen molar-refractivity contribution in [2.45, 2.75) is 32.5 Å². The SMILES string of the molecule is Cc1nc([N+](=O)[O-])c(-c2ccc(C(F)(F)F)cc2)n1CCCc1ccccc1. The van der Waals surface area contributed by atoms with E-state index in [1.807, 2.05) is 30.3 Å². The molecule has 3 rings (SSSR count). The van der Waals surface area contributed by atoms with Crippen LogP contribution in [0.25, 0.3) is 11.3 Å². The average molecular weight is 389 g/mol. The molecule has 3 aromatic rings. The maximum absolute atomic E-state index is 12.8. The first-order chi connectivity index (χ1) is 13.3. The average Bonchev–Trinajstić information content (AvgIpc) is 2.99. The molecule has 0 spiro atoms. The highest BCUT2D eigenvalue weighted by Crippen LogP contribution is 2.34. The summed E-state index contributed by atoms with van der Waals surface area (Å²) in [6.07, 6.45) is -2.97. The summed E-state index contributed by atoms with van der Waals surface area (Å²) in [5.74, 6) is 0.103. The number of imidazole rings is 1. The molecule has 0 bridgehead atoms. The van der Waals surface area contributed by atoms with E-state index in [4.69, 9.17) is 0 Å². The molecule has 0 amide bonds. The summed E-state index contributed by atoms with van der Waals surface area (Å²) in [5, 5.41) is 11.4. The van der Waals surface area contributed by atoms with Crippen molar-refractivity contribution < 1.29 is 18.1 Å². The van der Waals surface area contributed by atoms with Gasteiger partial charge in [0.05, 0.1) is 5.56 Å². The number of hydrogen-bond donors (Lipinski definition) is 0. The second kappa shape index (κ2) is 7.84. The standard InChI is InChI=1S/C20H18F3N3O2/c1-14-24-19(26(27)28)18(16-9-11-17(12-10-16)20(21,22)23)25(14)13-5-8-15-6-3-2-4-7-15/h2-4,6-7,9-12H,5,8,13H2,1H3. The van der Waals surface area contributed by atoms with Gasteiger partial charge in [-0.15, -0.1) is 0 Å². The Hall–Kier alpha value is -3.16. The van der Waals surface area contributed by atoms with E-state index in [0.717, 1.165) is 24.1 Å². The third-order valence-electron chi connectivity index (χ3n) is 4.49. The van der Waals surface area contributed by atoms with Crippen molar-refractivity contribution in [2.24, 2.45) is 0 Å². The number of benzene rings is 2. The van der Waals surface area contributed by atoms with Gasteiger partial charge < -0.3 is 14.7 Å². The lowest BCUT2D eigenvalue weighted by Gasteiger charge is -2.11. The number of aryl methyl sites for hydroxylation is 2. The van der Waals surface area contributed by atoms with Crippen LogP contribution in [-0.2, 0) is 19.1 Å². The Kier molecular flexibility index (Phi) is 5.48. The minimum Gasteiger partial charge on any atom is -0.358 e. The molecule has 146 valence electrons. The third-order valence-corrected chi connectivity index (χ3v) is 4.49. The largest absolute Gasteiger partial charge is 0.416 e. The Bertz CT molecular complexity index is 965. The number of rotatable bonds is 6. The fourth-order valence-corrected chi connectivity index (χ4v) is 3.14. The highest BCUT2D eigenvalue weighted by molar-refractivity contribution is 5.69. The van der Waals surface area contributed by atoms with E-state index >= 15 is 0 Å². The van der Waals surface area contributed by atoms with Gasteiger partial charge in [-0.1, -0.05) is 42.5 Å². The first-order valence-electron chi connectivity index (χ1n) is 8.70. The number of nitrogens with zero attached hydrogens (tertiary/aromatic N) is 3. The third kappa shape index (κ3) is 4.21. The summed E-state index contributed by atoms with van der Waals surface area (Å²) in [4.78, 5) is 14.9. The van der Waals surface area contributed by atoms with Crippen LogP contribution in [-0.4, -0.2) is 14.5 Å². The molecule has 0 saturated carbocycles. The lowest BCUT2D eigenvalue weighted by atomic mass is 10.1. The minimum atomic E-state index is -4.46. The van der Waals surface area contributed by atoms with Crippen molar-refractivity contribution >= 4 is 5.82 Å². The van der Waals surface area contributed by atoms with Crippen LogP contribution in [0.2, 0.25) is 0 Å². The molecule has 0 aliphatic rings. The van der Waals surface area contributed by atoms with Gasteiger partial charge in [0.2, 0.25) is 5.82 Å². The van der Waals surface area contributed by atoms with Gasteiger partial charge in [0, 0.05) is 19.0 Å². The van der Waals surface area contributed by atoms with E-state index in [1.165, 1.54) is 12.1 Å². The number of nitro groups is 1. The Morgan fingerprint density at radius 1 is 1.07 bits per heavy atom. The Balaban J connectivity index is 1.91. The smallest absolute Gasteiger partial charge is 0.358 e. The predicted octanol–water partition coefficient (Wildman–Crippen LogP) is 5.42. The van der Waals surface area contributed by atoms with E-state index < -0.39 is 16.7 Å². The maximum Gasteiger partial charge on any atom is 0.416 e. The van der Waals surface area contributed by atoms with Gasteiger partial charge >= 0.3 is 12.0 Å². The van der Waals surface area contributed by atoms with Crippen molar-refractivity contribution in [3.63, 3.8) is 0 Å². The summed E-state index contributed by atoms with van der Waals surface area (Å²) in [5.41, 5.74) is 0.904. The molecule has 0 saturated heterocycles. The zero-order valence-corrected chi connectivity index (χ0v) is 15.1. The van der Waals surface area contributed by atoms with Gasteiger partial charge in [0.15, 0.2) is 5.69 Å². The van der Waals surface area contributed by atoms with Crippen LogP contribution in [0, 0.1) is 17.0 Å². The summed E-state index contributed by atoms with van der Waals surface area (Å²) in [6.45, 7) is 2.13. The first kappa shape index (κ1) is 19.6. The monoisotopic (exact) mass is 389 g/mol. The van der Waals surface area contributed by atoms with Crippen LogP contribution in [0.4, 0.5) is 19.0 Å². The van der Waals surface area contributed by atoms with Gasteiger partial charge in [0.25, 0.3) is 0 Å². The molecule has 0 atom stereocenters. The van der Waals surface area contributed by atoms with Gasteiger partial charge in [-0.2, -0.15) is 13.2 Å². The van der Waals surface area contributed by atoms with Crippen LogP contribution < -0.4 is 0 Å². The van der Waals surface area contributed by atoms with Gasteiger partial charge in [0.1, 0.15) is 0 Å². The molecule has 28 heavy (non-hydrogen) atoms. The first-order valence-corrected chi connectivity index (χ1v) is 8.70. The van der Waals surface area contributed by atoms with Crippen molar-refractivity contribution in [3.8, 4) is 11.3 Å². The highest BCUT2D eigenvalue weighted by atomic mass is 19.4. The van der Waals surface area contributed by atoms with E-state index in [2.05, 4.69) is 4.98 Å². The van der Waals surface area contributed by atoms with Crippen molar-refractivity contribution in [1.82, 2.24) is 9.55 Å². The Morgan fingerprint density at radius 3 is 2.29 bits per heavy atom. The molecular weight excluding hydrogens is 371 g/mol. The zero-order valence-electron chi connectivity index (χ0n) is 15.1. The molecule has 0 unspecified atom stereocenters. The van der Waals surface area contributed by atoms with Gasteiger partial charge in [-0.05, 0) is 40.4 Å². The Labute approximate surface area is 159 Å². The lowest BCUT2D eigenvalue weighted by molar-refractivity contribution is -0.388. The fraction of sp³-hybridized carbons (Fsp3) is 0.250. The molecule has 1 heterocycles. The van der Waals surface area contributed by atoms with Crippen LogP contribution in [0.1, 0.15) is 23.4 Å². The van der Waals surface area contributed by atoms with Gasteiger partial charge in [-0.25, -0.2) is 0 Å². The fourth-order valence-electron chi connectivity index (χ4n) is 3.14. The quantitative estimate of drug-likeness (QED) is 0.418. The summed E-state index contributed by atoms with van der Waals surface area (Å²) in [6, 6.07) is 14.2. The molecule has 0 fully saturated rings. The molecule has 8 heteroatoms. The molecule has 2 aromatic carbocycles. The highest BCUT2D eigenvalue weighted by Gasteiger charge is 2.31. The summed E-state index contributed by atoms with van der Waals surface area (Å²) in [7, 11) is 0. The molecule has 0 N–H and O–H groups in total. The maximum atomic E-state index is 12.8. The topological polar surface area (TPSA) is 61.0 Å². The molecule has 1 aromatic heterocycles. The van der Waals surface area contributed by atoms with Crippen molar-refractivity contribution in [1.29, 1.82) is 0 Å². The van der Waals surface area contributed by atoms with Crippen LogP contribution in [0.15, 0.2) is 54.6 Å².